The molecule has 7 heteroatoms. The highest BCUT2D eigenvalue weighted by molar-refractivity contribution is 6.07. The van der Waals surface area contributed by atoms with Gasteiger partial charge >= 0.3 is 6.03 Å². The minimum atomic E-state index is -1.04. The molecule has 1 atom stereocenters. The maximum absolute atomic E-state index is 12.8. The van der Waals surface area contributed by atoms with Crippen LogP contribution in [-0.4, -0.2) is 33.0 Å². The molecular formula is C23H24N4O3. The molecule has 3 aromatic rings. The molecule has 30 heavy (non-hydrogen) atoms. The molecule has 0 unspecified atom stereocenters. The summed E-state index contributed by atoms with van der Waals surface area (Å²) >= 11 is 0. The molecule has 0 aliphatic carbocycles. The summed E-state index contributed by atoms with van der Waals surface area (Å²) in [6.07, 6.45) is 3.16. The van der Waals surface area contributed by atoms with Gasteiger partial charge in [-0.25, -0.2) is 4.79 Å². The molecule has 0 bridgehead atoms. The Bertz CT molecular complexity index is 1090. The third-order valence-electron chi connectivity index (χ3n) is 5.51. The van der Waals surface area contributed by atoms with Gasteiger partial charge in [0.25, 0.3) is 5.91 Å². The Morgan fingerprint density at radius 1 is 1.03 bits per heavy atom. The minimum Gasteiger partial charge on any atom is -0.347 e. The lowest BCUT2D eigenvalue weighted by molar-refractivity contribution is -0.139. The fraction of sp³-hybridized carbons (Fsp3) is 0.261. The van der Waals surface area contributed by atoms with E-state index in [0.717, 1.165) is 21.5 Å². The number of carbonyl (C=O) groups is 3. The average molecular weight is 404 g/mol. The van der Waals surface area contributed by atoms with Gasteiger partial charge in [0.1, 0.15) is 5.54 Å². The van der Waals surface area contributed by atoms with Crippen LogP contribution in [0.4, 0.5) is 4.79 Å². The molecule has 1 aliphatic heterocycles. The molecule has 154 valence electrons. The van der Waals surface area contributed by atoms with Crippen LogP contribution < -0.4 is 10.7 Å². The van der Waals surface area contributed by atoms with Crippen molar-refractivity contribution < 1.29 is 14.4 Å². The molecule has 0 radical (unpaired) electrons. The van der Waals surface area contributed by atoms with Crippen LogP contribution in [0.1, 0.15) is 25.3 Å². The highest BCUT2D eigenvalue weighted by atomic mass is 16.2. The molecule has 2 aromatic carbocycles. The van der Waals surface area contributed by atoms with Crippen molar-refractivity contribution in [2.24, 2.45) is 0 Å². The number of amides is 4. The van der Waals surface area contributed by atoms with E-state index in [9.17, 15) is 14.4 Å². The first-order valence-corrected chi connectivity index (χ1v) is 10.0. The van der Waals surface area contributed by atoms with E-state index >= 15 is 0 Å². The molecule has 4 amide bonds. The van der Waals surface area contributed by atoms with Gasteiger partial charge in [-0.1, -0.05) is 48.5 Å². The number of fused-ring (bicyclic) bond motifs is 1. The maximum atomic E-state index is 12.8. The van der Waals surface area contributed by atoms with Gasteiger partial charge in [-0.05, 0) is 42.8 Å². The third-order valence-corrected chi connectivity index (χ3v) is 5.51. The number of carbonyl (C=O) groups excluding carboxylic acids is 3. The van der Waals surface area contributed by atoms with Gasteiger partial charge in [-0.15, -0.1) is 0 Å². The molecule has 2 heterocycles. The lowest BCUT2D eigenvalue weighted by Crippen LogP contribution is -2.49. The van der Waals surface area contributed by atoms with E-state index in [-0.39, 0.29) is 12.3 Å². The van der Waals surface area contributed by atoms with Crippen molar-refractivity contribution in [3.8, 4) is 0 Å². The van der Waals surface area contributed by atoms with Crippen LogP contribution in [0.25, 0.3) is 10.9 Å². The number of aryl methyl sites for hydroxylation is 2. The van der Waals surface area contributed by atoms with Gasteiger partial charge in [0.2, 0.25) is 5.91 Å². The Kier molecular flexibility index (Phi) is 5.27. The standard InChI is InChI=1S/C23H24N4O3/c1-23(14-11-17-7-3-2-4-8-17)21(29)27(22(30)24-23)25-20(28)13-16-26-15-12-18-9-5-6-10-19(18)26/h2-10,12,15H,11,13-14,16H2,1H3,(H,24,30)(H,25,28)/t23-/m1/s1. The molecule has 0 spiro atoms. The van der Waals surface area contributed by atoms with Gasteiger partial charge in [0, 0.05) is 24.7 Å². The molecule has 1 aromatic heterocycles. The number of hydrogen-bond donors (Lipinski definition) is 2. The molecule has 1 fully saturated rings. The lowest BCUT2D eigenvalue weighted by Gasteiger charge is -2.21. The summed E-state index contributed by atoms with van der Waals surface area (Å²) in [6.45, 7) is 2.14. The quantitative estimate of drug-likeness (QED) is 0.594. The van der Waals surface area contributed by atoms with Gasteiger partial charge in [0.05, 0.1) is 0 Å². The fourth-order valence-electron chi connectivity index (χ4n) is 3.73. The Morgan fingerprint density at radius 3 is 2.57 bits per heavy atom. The van der Waals surface area contributed by atoms with E-state index in [4.69, 9.17) is 0 Å². The Hall–Kier alpha value is -3.61. The maximum Gasteiger partial charge on any atom is 0.344 e. The molecule has 1 aliphatic rings. The van der Waals surface area contributed by atoms with Crippen molar-refractivity contribution in [1.29, 1.82) is 0 Å². The number of para-hydroxylation sites is 1. The number of aromatic nitrogens is 1. The van der Waals surface area contributed by atoms with E-state index in [1.807, 2.05) is 71.4 Å². The van der Waals surface area contributed by atoms with Crippen molar-refractivity contribution in [3.63, 3.8) is 0 Å². The first kappa shape index (κ1) is 19.7. The summed E-state index contributed by atoms with van der Waals surface area (Å²) in [6, 6.07) is 19.1. The monoisotopic (exact) mass is 404 g/mol. The highest BCUT2D eigenvalue weighted by Crippen LogP contribution is 2.22. The first-order valence-electron chi connectivity index (χ1n) is 10.0. The van der Waals surface area contributed by atoms with E-state index in [1.54, 1.807) is 6.92 Å². The predicted octanol–water partition coefficient (Wildman–Crippen LogP) is 3.01. The SMILES string of the molecule is C[C@]1(CCc2ccccc2)NC(=O)N(NC(=O)CCn2ccc3ccccc32)C1=O. The Balaban J connectivity index is 1.35. The van der Waals surface area contributed by atoms with Crippen LogP contribution in [0.5, 0.6) is 0 Å². The molecule has 0 saturated carbocycles. The van der Waals surface area contributed by atoms with Crippen molar-refractivity contribution in [2.75, 3.05) is 0 Å². The summed E-state index contributed by atoms with van der Waals surface area (Å²) in [5.74, 6) is -0.827. The summed E-state index contributed by atoms with van der Waals surface area (Å²) < 4.78 is 1.98. The summed E-state index contributed by atoms with van der Waals surface area (Å²) in [7, 11) is 0. The number of nitrogens with one attached hydrogen (secondary N) is 2. The minimum absolute atomic E-state index is 0.149. The molecule has 4 rings (SSSR count). The van der Waals surface area contributed by atoms with Crippen LogP contribution in [-0.2, 0) is 22.6 Å². The summed E-state index contributed by atoms with van der Waals surface area (Å²) in [5.41, 5.74) is 3.54. The smallest absolute Gasteiger partial charge is 0.344 e. The summed E-state index contributed by atoms with van der Waals surface area (Å²) in [5, 5.41) is 4.62. The van der Waals surface area contributed by atoms with Gasteiger partial charge in [-0.2, -0.15) is 5.01 Å². The zero-order chi connectivity index (χ0) is 21.1. The Morgan fingerprint density at radius 2 is 1.77 bits per heavy atom. The zero-order valence-electron chi connectivity index (χ0n) is 16.8. The van der Waals surface area contributed by atoms with E-state index in [1.165, 1.54) is 0 Å². The van der Waals surface area contributed by atoms with Crippen LogP contribution in [0.15, 0.2) is 66.9 Å². The van der Waals surface area contributed by atoms with Gasteiger partial charge in [-0.3, -0.25) is 15.0 Å². The Labute approximate surface area is 174 Å². The van der Waals surface area contributed by atoms with E-state index in [2.05, 4.69) is 10.7 Å². The highest BCUT2D eigenvalue weighted by Gasteiger charge is 2.48. The van der Waals surface area contributed by atoms with Crippen LogP contribution in [0.3, 0.4) is 0 Å². The van der Waals surface area contributed by atoms with Crippen molar-refractivity contribution in [1.82, 2.24) is 20.3 Å². The van der Waals surface area contributed by atoms with Crippen LogP contribution in [0.2, 0.25) is 0 Å². The number of rotatable bonds is 7. The van der Waals surface area contributed by atoms with E-state index in [0.29, 0.717) is 19.4 Å². The second kappa shape index (κ2) is 8.02. The number of benzene rings is 2. The first-order chi connectivity index (χ1) is 14.5. The lowest BCUT2D eigenvalue weighted by atomic mass is 9.93. The largest absolute Gasteiger partial charge is 0.347 e. The number of imide groups is 1. The summed E-state index contributed by atoms with van der Waals surface area (Å²) in [4.78, 5) is 37.6. The fourth-order valence-corrected chi connectivity index (χ4v) is 3.73. The van der Waals surface area contributed by atoms with Crippen molar-refractivity contribution in [3.05, 3.63) is 72.4 Å². The van der Waals surface area contributed by atoms with Gasteiger partial charge in [0.15, 0.2) is 0 Å². The van der Waals surface area contributed by atoms with Gasteiger partial charge < -0.3 is 9.88 Å². The van der Waals surface area contributed by atoms with E-state index < -0.39 is 17.5 Å². The molecule has 7 nitrogen and oxygen atoms in total. The third kappa shape index (κ3) is 3.91. The van der Waals surface area contributed by atoms with Crippen molar-refractivity contribution in [2.45, 2.75) is 38.3 Å². The number of nitrogens with zero attached hydrogens (tertiary/aromatic N) is 2. The number of hydrazine groups is 1. The normalized spacial score (nSPS) is 18.6. The van der Waals surface area contributed by atoms with Crippen LogP contribution in [0, 0.1) is 0 Å². The predicted molar refractivity (Wildman–Crippen MR) is 113 cm³/mol. The second-order valence-electron chi connectivity index (χ2n) is 7.74. The average Bonchev–Trinajstić information content (AvgIpc) is 3.26. The number of urea groups is 1. The van der Waals surface area contributed by atoms with Crippen LogP contribution >= 0.6 is 0 Å². The molecular weight excluding hydrogens is 380 g/mol. The molecule has 1 saturated heterocycles. The topological polar surface area (TPSA) is 83.4 Å². The van der Waals surface area contributed by atoms with Crippen molar-refractivity contribution >= 4 is 28.7 Å². The second-order valence-corrected chi connectivity index (χ2v) is 7.74. The number of hydrogen-bond acceptors (Lipinski definition) is 3. The molecule has 2 N–H and O–H groups in total. The zero-order valence-corrected chi connectivity index (χ0v) is 16.8.